The number of hydrogen-bond donors (Lipinski definition) is 0. The summed E-state index contributed by atoms with van der Waals surface area (Å²) in [6.07, 6.45) is 6.13. The highest BCUT2D eigenvalue weighted by Crippen LogP contribution is 2.27. The Balaban J connectivity index is 1.27. The lowest BCUT2D eigenvalue weighted by atomic mass is 10.0. The van der Waals surface area contributed by atoms with E-state index in [2.05, 4.69) is 16.7 Å². The summed E-state index contributed by atoms with van der Waals surface area (Å²) < 4.78 is 6.17. The zero-order valence-electron chi connectivity index (χ0n) is 14.9. The van der Waals surface area contributed by atoms with Crippen LogP contribution in [0.1, 0.15) is 42.5 Å². The van der Waals surface area contributed by atoms with E-state index >= 15 is 0 Å². The first-order valence-corrected chi connectivity index (χ1v) is 10.8. The molecule has 1 unspecified atom stereocenters. The Morgan fingerprint density at radius 1 is 1.00 bits per heavy atom. The quantitative estimate of drug-likeness (QED) is 0.825. The van der Waals surface area contributed by atoms with Crippen molar-refractivity contribution in [1.29, 1.82) is 0 Å². The Labute approximate surface area is 154 Å². The molecule has 0 aromatic heterocycles. The van der Waals surface area contributed by atoms with Crippen molar-refractivity contribution in [1.82, 2.24) is 9.80 Å². The second-order valence-electron chi connectivity index (χ2n) is 7.39. The van der Waals surface area contributed by atoms with Gasteiger partial charge in [0.25, 0.3) is 5.91 Å². The van der Waals surface area contributed by atoms with Gasteiger partial charge in [-0.05, 0) is 62.1 Å². The van der Waals surface area contributed by atoms with Gasteiger partial charge in [0, 0.05) is 43.5 Å². The molecule has 1 amide bonds. The van der Waals surface area contributed by atoms with Gasteiger partial charge in [-0.25, -0.2) is 0 Å². The number of carbonyl (C=O) groups excluding carboxylic acids is 1. The highest BCUT2D eigenvalue weighted by Gasteiger charge is 2.28. The first-order chi connectivity index (χ1) is 12.3. The molecule has 3 saturated heterocycles. The number of thioether (sulfide) groups is 1. The molecule has 0 aliphatic carbocycles. The second-order valence-corrected chi connectivity index (χ2v) is 8.54. The molecule has 4 rings (SSSR count). The highest BCUT2D eigenvalue weighted by atomic mass is 32.2. The van der Waals surface area contributed by atoms with E-state index in [1.54, 1.807) is 0 Å². The number of amides is 1. The Hall–Kier alpha value is -1.20. The summed E-state index contributed by atoms with van der Waals surface area (Å²) in [5.74, 6) is 3.68. The molecule has 3 aliphatic rings. The average molecular weight is 361 g/mol. The van der Waals surface area contributed by atoms with Crippen molar-refractivity contribution in [3.8, 4) is 5.75 Å². The predicted molar refractivity (Wildman–Crippen MR) is 103 cm³/mol. The van der Waals surface area contributed by atoms with Gasteiger partial charge in [0.15, 0.2) is 0 Å². The molecule has 0 N–H and O–H groups in total. The van der Waals surface area contributed by atoms with Crippen LogP contribution in [0.3, 0.4) is 0 Å². The lowest BCUT2D eigenvalue weighted by molar-refractivity contribution is 0.0791. The van der Waals surface area contributed by atoms with Crippen LogP contribution in [0.15, 0.2) is 24.3 Å². The standard InChI is InChI=1S/C20H28N2O2S/c23-20(22-10-1-2-11-22)16-3-5-18(6-4-16)24-19-7-12-21(13-8-19)17-9-14-25-15-17/h3-6,17,19H,1-2,7-15H2. The number of likely N-dealkylation sites (tertiary alicyclic amines) is 2. The minimum atomic E-state index is 0.159. The fourth-order valence-corrected chi connectivity index (χ4v) is 5.40. The molecule has 25 heavy (non-hydrogen) atoms. The maximum absolute atomic E-state index is 12.4. The SMILES string of the molecule is O=C(c1ccc(OC2CCN(C3CCSC3)CC2)cc1)N1CCCC1. The number of nitrogens with zero attached hydrogens (tertiary/aromatic N) is 2. The fourth-order valence-electron chi connectivity index (χ4n) is 4.14. The van der Waals surface area contributed by atoms with Gasteiger partial charge in [0.2, 0.25) is 0 Å². The smallest absolute Gasteiger partial charge is 0.253 e. The van der Waals surface area contributed by atoms with E-state index in [0.717, 1.165) is 69.2 Å². The zero-order valence-corrected chi connectivity index (χ0v) is 15.7. The number of carbonyl (C=O) groups is 1. The molecule has 1 aromatic carbocycles. The van der Waals surface area contributed by atoms with Crippen LogP contribution in [-0.4, -0.2) is 65.5 Å². The third-order valence-electron chi connectivity index (χ3n) is 5.70. The molecule has 4 nitrogen and oxygen atoms in total. The lowest BCUT2D eigenvalue weighted by Crippen LogP contribution is -2.44. The molecule has 0 saturated carbocycles. The number of piperidine rings is 1. The number of ether oxygens (including phenoxy) is 1. The Bertz CT molecular complexity index is 572. The van der Waals surface area contributed by atoms with Crippen molar-refractivity contribution < 1.29 is 9.53 Å². The third-order valence-corrected chi connectivity index (χ3v) is 6.84. The topological polar surface area (TPSA) is 32.8 Å². The van der Waals surface area contributed by atoms with Crippen LogP contribution in [0.4, 0.5) is 0 Å². The van der Waals surface area contributed by atoms with Gasteiger partial charge >= 0.3 is 0 Å². The summed E-state index contributed by atoms with van der Waals surface area (Å²) in [5, 5.41) is 0. The van der Waals surface area contributed by atoms with Crippen molar-refractivity contribution in [2.24, 2.45) is 0 Å². The summed E-state index contributed by atoms with van der Waals surface area (Å²) >= 11 is 2.09. The highest BCUT2D eigenvalue weighted by molar-refractivity contribution is 7.99. The van der Waals surface area contributed by atoms with E-state index in [9.17, 15) is 4.79 Å². The van der Waals surface area contributed by atoms with Gasteiger partial charge in [0.05, 0.1) is 0 Å². The Morgan fingerprint density at radius 3 is 2.36 bits per heavy atom. The predicted octanol–water partition coefficient (Wildman–Crippen LogP) is 3.27. The van der Waals surface area contributed by atoms with Crippen molar-refractivity contribution in [3.63, 3.8) is 0 Å². The van der Waals surface area contributed by atoms with E-state index < -0.39 is 0 Å². The summed E-state index contributed by atoms with van der Waals surface area (Å²) in [6.45, 7) is 4.10. The summed E-state index contributed by atoms with van der Waals surface area (Å²) in [4.78, 5) is 17.0. The second kappa shape index (κ2) is 8.00. The molecule has 0 radical (unpaired) electrons. The van der Waals surface area contributed by atoms with Crippen molar-refractivity contribution in [2.75, 3.05) is 37.7 Å². The van der Waals surface area contributed by atoms with Gasteiger partial charge in [0.1, 0.15) is 11.9 Å². The van der Waals surface area contributed by atoms with Crippen LogP contribution < -0.4 is 4.74 Å². The van der Waals surface area contributed by atoms with E-state index in [1.165, 1.54) is 17.9 Å². The summed E-state index contributed by atoms with van der Waals surface area (Å²) in [6, 6.07) is 8.55. The first kappa shape index (κ1) is 17.2. The van der Waals surface area contributed by atoms with Crippen LogP contribution in [0.25, 0.3) is 0 Å². The van der Waals surface area contributed by atoms with Gasteiger partial charge in [-0.3, -0.25) is 9.69 Å². The minimum Gasteiger partial charge on any atom is -0.490 e. The molecule has 0 spiro atoms. The molecule has 3 aliphatic heterocycles. The van der Waals surface area contributed by atoms with E-state index in [-0.39, 0.29) is 5.91 Å². The van der Waals surface area contributed by atoms with Gasteiger partial charge in [-0.2, -0.15) is 11.8 Å². The Morgan fingerprint density at radius 2 is 1.72 bits per heavy atom. The monoisotopic (exact) mass is 360 g/mol. The molecule has 5 heteroatoms. The lowest BCUT2D eigenvalue weighted by Gasteiger charge is -2.35. The van der Waals surface area contributed by atoms with Crippen LogP contribution in [0.5, 0.6) is 5.75 Å². The maximum Gasteiger partial charge on any atom is 0.253 e. The molecule has 136 valence electrons. The van der Waals surface area contributed by atoms with Gasteiger partial charge in [-0.15, -0.1) is 0 Å². The van der Waals surface area contributed by atoms with Crippen LogP contribution in [0, 0.1) is 0 Å². The van der Waals surface area contributed by atoms with Crippen LogP contribution in [-0.2, 0) is 0 Å². The Kier molecular flexibility index (Phi) is 5.51. The average Bonchev–Trinajstić information content (AvgIpc) is 3.36. The van der Waals surface area contributed by atoms with E-state index in [0.29, 0.717) is 6.10 Å². The molecule has 1 aromatic rings. The molecular weight excluding hydrogens is 332 g/mol. The molecule has 3 heterocycles. The summed E-state index contributed by atoms with van der Waals surface area (Å²) in [7, 11) is 0. The first-order valence-electron chi connectivity index (χ1n) is 9.67. The summed E-state index contributed by atoms with van der Waals surface area (Å²) in [5.41, 5.74) is 0.780. The molecular formula is C20H28N2O2S. The maximum atomic E-state index is 12.4. The third kappa shape index (κ3) is 4.14. The van der Waals surface area contributed by atoms with Crippen molar-refractivity contribution in [2.45, 2.75) is 44.2 Å². The number of hydrogen-bond acceptors (Lipinski definition) is 4. The van der Waals surface area contributed by atoms with E-state index in [1.807, 2.05) is 29.2 Å². The minimum absolute atomic E-state index is 0.159. The van der Waals surface area contributed by atoms with E-state index in [4.69, 9.17) is 4.74 Å². The van der Waals surface area contributed by atoms with Crippen LogP contribution in [0.2, 0.25) is 0 Å². The number of benzene rings is 1. The molecule has 0 bridgehead atoms. The van der Waals surface area contributed by atoms with Crippen molar-refractivity contribution >= 4 is 17.7 Å². The van der Waals surface area contributed by atoms with Gasteiger partial charge < -0.3 is 9.64 Å². The zero-order chi connectivity index (χ0) is 17.1. The normalized spacial score (nSPS) is 25.4. The fraction of sp³-hybridized carbons (Fsp3) is 0.650. The largest absolute Gasteiger partial charge is 0.490 e. The molecule has 3 fully saturated rings. The molecule has 1 atom stereocenters. The number of rotatable bonds is 4. The van der Waals surface area contributed by atoms with Gasteiger partial charge in [-0.1, -0.05) is 0 Å². The van der Waals surface area contributed by atoms with Crippen molar-refractivity contribution in [3.05, 3.63) is 29.8 Å². The van der Waals surface area contributed by atoms with Crippen LogP contribution >= 0.6 is 11.8 Å².